The molecule has 13 heteroatoms. The maximum absolute atomic E-state index is 13.3. The van der Waals surface area contributed by atoms with Crippen LogP contribution in [0, 0.1) is 0 Å². The number of sulfone groups is 1. The Morgan fingerprint density at radius 1 is 1.14 bits per heavy atom. The molecule has 2 aliphatic heterocycles. The molecule has 192 valence electrons. The van der Waals surface area contributed by atoms with Crippen molar-refractivity contribution in [3.63, 3.8) is 0 Å². The van der Waals surface area contributed by atoms with Crippen molar-refractivity contribution in [1.29, 1.82) is 0 Å². The van der Waals surface area contributed by atoms with Crippen LogP contribution in [0.5, 0.6) is 5.75 Å². The van der Waals surface area contributed by atoms with E-state index in [1.54, 1.807) is 29.0 Å². The second-order valence-corrected chi connectivity index (χ2v) is 11.0. The molecule has 10 nitrogen and oxygen atoms in total. The van der Waals surface area contributed by atoms with Crippen LogP contribution in [-0.2, 0) is 21.0 Å². The van der Waals surface area contributed by atoms with E-state index in [2.05, 4.69) is 14.9 Å². The molecule has 2 amide bonds. The first kappa shape index (κ1) is 25.3. The van der Waals surface area contributed by atoms with Crippen molar-refractivity contribution in [2.45, 2.75) is 31.3 Å². The number of nitrogens with zero attached hydrogens (tertiary/aromatic N) is 4. The Morgan fingerprint density at radius 2 is 1.83 bits per heavy atom. The average molecular weight is 515 g/mol. The van der Waals surface area contributed by atoms with E-state index in [1.807, 2.05) is 0 Å². The second kappa shape index (κ2) is 10.9. The summed E-state index contributed by atoms with van der Waals surface area (Å²) in [5.41, 5.74) is 0.856. The lowest BCUT2D eigenvalue weighted by atomic mass is 9.84. The predicted molar refractivity (Wildman–Crippen MR) is 120 cm³/mol. The van der Waals surface area contributed by atoms with Gasteiger partial charge in [-0.3, -0.25) is 0 Å². The summed E-state index contributed by atoms with van der Waals surface area (Å²) < 4.78 is 63.6. The highest BCUT2D eigenvalue weighted by molar-refractivity contribution is 7.91. The molecule has 35 heavy (non-hydrogen) atoms. The quantitative estimate of drug-likeness (QED) is 0.553. The number of carbonyl (C=O) groups is 1. The number of urea groups is 1. The fourth-order valence-electron chi connectivity index (χ4n) is 4.43. The minimum atomic E-state index is -3.13. The van der Waals surface area contributed by atoms with Gasteiger partial charge in [0.05, 0.1) is 24.0 Å². The smallest absolute Gasteiger partial charge is 0.387 e. The van der Waals surface area contributed by atoms with Gasteiger partial charge in [0.1, 0.15) is 5.75 Å². The summed E-state index contributed by atoms with van der Waals surface area (Å²) in [4.78, 5) is 21.0. The summed E-state index contributed by atoms with van der Waals surface area (Å²) >= 11 is 0. The van der Waals surface area contributed by atoms with Gasteiger partial charge in [-0.05, 0) is 24.1 Å². The van der Waals surface area contributed by atoms with E-state index in [9.17, 15) is 22.0 Å². The lowest BCUT2D eigenvalue weighted by Crippen LogP contribution is -2.53. The Morgan fingerprint density at radius 3 is 2.49 bits per heavy atom. The van der Waals surface area contributed by atoms with E-state index >= 15 is 0 Å². The SMILES string of the molecule is COCCc1noc(C2CC(c3ccc(OC(F)F)cc3)CN(C(=O)N3CCS(=O)(=O)CC3)C2)n1. The van der Waals surface area contributed by atoms with Gasteiger partial charge < -0.3 is 23.8 Å². The van der Waals surface area contributed by atoms with Crippen LogP contribution >= 0.6 is 0 Å². The Kier molecular flexibility index (Phi) is 7.85. The number of likely N-dealkylation sites (tertiary alicyclic amines) is 1. The molecule has 0 N–H and O–H groups in total. The Hall–Kier alpha value is -2.80. The van der Waals surface area contributed by atoms with E-state index in [4.69, 9.17) is 9.26 Å². The summed E-state index contributed by atoms with van der Waals surface area (Å²) in [6.45, 7) is -1.44. The molecule has 2 aliphatic rings. The summed E-state index contributed by atoms with van der Waals surface area (Å²) in [5.74, 6) is 0.496. The van der Waals surface area contributed by atoms with Crippen LogP contribution in [0.3, 0.4) is 0 Å². The third-order valence-corrected chi connectivity index (χ3v) is 7.88. The zero-order valence-electron chi connectivity index (χ0n) is 19.3. The number of carbonyl (C=O) groups excluding carboxylic acids is 1. The molecule has 4 rings (SSSR count). The number of hydrogen-bond donors (Lipinski definition) is 0. The fourth-order valence-corrected chi connectivity index (χ4v) is 5.63. The standard InChI is InChI=1S/C22H28F2N4O6S/c1-32-9-6-19-25-20(34-26-19)17-12-16(15-2-4-18(5-3-15)33-21(23)24)13-28(14-17)22(29)27-7-10-35(30,31)11-8-27/h2-5,16-17,21H,6-14H2,1H3. The molecule has 2 aromatic rings. The largest absolute Gasteiger partial charge is 0.435 e. The molecule has 2 unspecified atom stereocenters. The van der Waals surface area contributed by atoms with Crippen molar-refractivity contribution in [2.75, 3.05) is 51.4 Å². The highest BCUT2D eigenvalue weighted by Crippen LogP contribution is 2.36. The average Bonchev–Trinajstić information content (AvgIpc) is 3.31. The molecule has 2 atom stereocenters. The van der Waals surface area contributed by atoms with Crippen molar-refractivity contribution >= 4 is 15.9 Å². The molecule has 0 bridgehead atoms. The molecule has 2 saturated heterocycles. The summed E-state index contributed by atoms with van der Waals surface area (Å²) in [5, 5.41) is 4.01. The minimum absolute atomic E-state index is 0.0539. The molecule has 3 heterocycles. The van der Waals surface area contributed by atoms with Crippen LogP contribution < -0.4 is 4.74 Å². The molecular weight excluding hydrogens is 486 g/mol. The number of rotatable bonds is 7. The van der Waals surface area contributed by atoms with Crippen LogP contribution in [0.1, 0.15) is 35.5 Å². The topological polar surface area (TPSA) is 115 Å². The Bertz CT molecular complexity index is 1100. The van der Waals surface area contributed by atoms with Gasteiger partial charge in [0.2, 0.25) is 5.89 Å². The van der Waals surface area contributed by atoms with Crippen LogP contribution in [0.4, 0.5) is 13.6 Å². The maximum Gasteiger partial charge on any atom is 0.387 e. The molecule has 2 fully saturated rings. The number of amides is 2. The summed E-state index contributed by atoms with van der Waals surface area (Å²) in [7, 11) is -1.54. The number of ether oxygens (including phenoxy) is 2. The van der Waals surface area contributed by atoms with Crippen LogP contribution in [0.25, 0.3) is 0 Å². The first-order chi connectivity index (χ1) is 16.7. The van der Waals surface area contributed by atoms with Gasteiger partial charge in [0.15, 0.2) is 15.7 Å². The zero-order valence-corrected chi connectivity index (χ0v) is 20.1. The van der Waals surface area contributed by atoms with Crippen LogP contribution in [-0.4, -0.2) is 92.4 Å². The third-order valence-electron chi connectivity index (χ3n) is 6.28. The first-order valence-electron chi connectivity index (χ1n) is 11.3. The Balaban J connectivity index is 1.54. The molecule has 1 aromatic heterocycles. The molecule has 0 spiro atoms. The normalized spacial score (nSPS) is 22.4. The van der Waals surface area contributed by atoms with Gasteiger partial charge in [-0.25, -0.2) is 13.2 Å². The van der Waals surface area contributed by atoms with Gasteiger partial charge in [0, 0.05) is 45.6 Å². The predicted octanol–water partition coefficient (Wildman–Crippen LogP) is 2.28. The van der Waals surface area contributed by atoms with Crippen molar-refractivity contribution in [2.24, 2.45) is 0 Å². The van der Waals surface area contributed by atoms with Crippen molar-refractivity contribution in [3.8, 4) is 5.75 Å². The fraction of sp³-hybridized carbons (Fsp3) is 0.591. The Labute approximate surface area is 202 Å². The number of halogens is 2. The van der Waals surface area contributed by atoms with E-state index < -0.39 is 16.4 Å². The maximum atomic E-state index is 13.3. The third kappa shape index (κ3) is 6.45. The van der Waals surface area contributed by atoms with Gasteiger partial charge in [-0.1, -0.05) is 17.3 Å². The van der Waals surface area contributed by atoms with Crippen molar-refractivity contribution < 1.29 is 36.0 Å². The summed E-state index contributed by atoms with van der Waals surface area (Å²) in [6.07, 6.45) is 1.10. The highest BCUT2D eigenvalue weighted by Gasteiger charge is 2.37. The lowest BCUT2D eigenvalue weighted by molar-refractivity contribution is -0.0498. The molecule has 0 radical (unpaired) electrons. The number of alkyl halides is 2. The molecule has 0 aliphatic carbocycles. The van der Waals surface area contributed by atoms with Crippen molar-refractivity contribution in [3.05, 3.63) is 41.5 Å². The second-order valence-electron chi connectivity index (χ2n) is 8.70. The zero-order chi connectivity index (χ0) is 25.0. The number of hydrogen-bond acceptors (Lipinski definition) is 8. The van der Waals surface area contributed by atoms with Gasteiger partial charge in [-0.2, -0.15) is 13.8 Å². The lowest BCUT2D eigenvalue weighted by Gasteiger charge is -2.40. The number of aromatic nitrogens is 2. The van der Waals surface area contributed by atoms with E-state index in [-0.39, 0.29) is 48.2 Å². The molecule has 1 aromatic carbocycles. The first-order valence-corrected chi connectivity index (χ1v) is 13.2. The number of piperidine rings is 1. The van der Waals surface area contributed by atoms with E-state index in [1.165, 1.54) is 12.1 Å². The van der Waals surface area contributed by atoms with Gasteiger partial charge >= 0.3 is 12.6 Å². The van der Waals surface area contributed by atoms with Crippen molar-refractivity contribution in [1.82, 2.24) is 19.9 Å². The van der Waals surface area contributed by atoms with Gasteiger partial charge in [-0.15, -0.1) is 0 Å². The minimum Gasteiger partial charge on any atom is -0.435 e. The van der Waals surface area contributed by atoms with Gasteiger partial charge in [0.25, 0.3) is 0 Å². The van der Waals surface area contributed by atoms with Crippen LogP contribution in [0.15, 0.2) is 28.8 Å². The number of methoxy groups -OCH3 is 1. The van der Waals surface area contributed by atoms with E-state index in [0.717, 1.165) is 5.56 Å². The molecular formula is C22H28F2N4O6S. The van der Waals surface area contributed by atoms with Crippen LogP contribution in [0.2, 0.25) is 0 Å². The number of benzene rings is 1. The summed E-state index contributed by atoms with van der Waals surface area (Å²) in [6, 6.07) is 6.12. The monoisotopic (exact) mass is 514 g/mol. The van der Waals surface area contributed by atoms with E-state index in [0.29, 0.717) is 44.3 Å². The highest BCUT2D eigenvalue weighted by atomic mass is 32.2. The molecule has 0 saturated carbocycles.